The summed E-state index contributed by atoms with van der Waals surface area (Å²) >= 11 is 0. The van der Waals surface area contributed by atoms with E-state index in [1.807, 2.05) is 0 Å². The molecule has 0 aliphatic heterocycles. The lowest BCUT2D eigenvalue weighted by atomic mass is 10.0. The molecule has 0 unspecified atom stereocenters. The maximum atomic E-state index is 9.90. The Balaban J connectivity index is -0.000000454. The van der Waals surface area contributed by atoms with Gasteiger partial charge in [0.2, 0.25) is 0 Å². The van der Waals surface area contributed by atoms with Gasteiger partial charge in [-0.15, -0.1) is 0 Å². The molecule has 0 heterocycles. The first-order valence-corrected chi connectivity index (χ1v) is 9.98. The van der Waals surface area contributed by atoms with E-state index in [2.05, 4.69) is 0 Å². The van der Waals surface area contributed by atoms with Crippen LogP contribution >= 0.6 is 0 Å². The zero-order valence-corrected chi connectivity index (χ0v) is 18.7. The van der Waals surface area contributed by atoms with Crippen LogP contribution in [0.1, 0.15) is 0 Å². The molecule has 0 rings (SSSR count). The average Bonchev–Trinajstić information content (AvgIpc) is 2.92. The third-order valence-electron chi connectivity index (χ3n) is 4.26. The summed E-state index contributed by atoms with van der Waals surface area (Å²) in [4.78, 5) is 29.7. The number of carbonyl (C=O) groups excluding carboxylic acids is 3. The Morgan fingerprint density at radius 1 is 0.361 bits per heavy atom. The van der Waals surface area contributed by atoms with E-state index in [0.717, 1.165) is 0 Å². The summed E-state index contributed by atoms with van der Waals surface area (Å²) in [5.41, 5.74) is 0. The Morgan fingerprint density at radius 2 is 0.528 bits per heavy atom. The van der Waals surface area contributed by atoms with Crippen LogP contribution in [0.3, 0.4) is 0 Å². The fourth-order valence-corrected chi connectivity index (χ4v) is 1.85. The Kier molecular flexibility index (Phi) is 23.2. The van der Waals surface area contributed by atoms with Crippen LogP contribution in [0.5, 0.6) is 0 Å². The van der Waals surface area contributed by atoms with Gasteiger partial charge >= 0.3 is 0 Å². The molecular weight excluding hydrogens is 504 g/mol. The van der Waals surface area contributed by atoms with Crippen molar-refractivity contribution in [3.63, 3.8) is 0 Å². The van der Waals surface area contributed by atoms with Gasteiger partial charge in [-0.2, -0.15) is 0 Å². The highest BCUT2D eigenvalue weighted by atomic mass is 16.4. The summed E-state index contributed by atoms with van der Waals surface area (Å²) in [6, 6.07) is 0. The number of carbonyl (C=O) groups is 3. The lowest BCUT2D eigenvalue weighted by Gasteiger charge is -2.22. The molecule has 0 aromatic carbocycles. The summed E-state index contributed by atoms with van der Waals surface area (Å²) in [5.74, 6) is 0. The Bertz CT molecular complexity index is 490. The number of hydrogen-bond acceptors (Lipinski definition) is 18. The van der Waals surface area contributed by atoms with E-state index in [1.54, 1.807) is 0 Å². The molecule has 36 heavy (non-hydrogen) atoms. The Hall–Kier alpha value is -1.59. The molecule has 0 spiro atoms. The molecule has 18 nitrogen and oxygen atoms in total. The normalized spacial score (nSPS) is 21.1. The number of aldehydes is 3. The van der Waals surface area contributed by atoms with Gasteiger partial charge in [0.05, 0.1) is 19.8 Å². The first-order valence-electron chi connectivity index (χ1n) is 9.98. The van der Waals surface area contributed by atoms with Gasteiger partial charge in [0.1, 0.15) is 73.2 Å². The fraction of sp³-hybridized carbons (Fsp3) is 0.833. The zero-order chi connectivity index (χ0) is 29.2. The molecule has 0 aromatic rings. The molecule has 15 N–H and O–H groups in total. The van der Waals surface area contributed by atoms with Gasteiger partial charge in [-0.05, 0) is 0 Å². The summed E-state index contributed by atoms with van der Waals surface area (Å²) in [5, 5.41) is 131. The van der Waals surface area contributed by atoms with Crippen molar-refractivity contribution in [2.75, 3.05) is 19.8 Å². The van der Waals surface area contributed by atoms with Crippen molar-refractivity contribution >= 4 is 18.9 Å². The highest BCUT2D eigenvalue weighted by Gasteiger charge is 2.31. The van der Waals surface area contributed by atoms with E-state index in [0.29, 0.717) is 0 Å². The lowest BCUT2D eigenvalue weighted by molar-refractivity contribution is -0.136. The minimum atomic E-state index is -1.79. The van der Waals surface area contributed by atoms with E-state index >= 15 is 0 Å². The minimum absolute atomic E-state index is 0.0258. The molecule has 0 fully saturated rings. The first kappa shape index (κ1) is 38.9. The summed E-state index contributed by atoms with van der Waals surface area (Å²) in [7, 11) is 0. The van der Waals surface area contributed by atoms with Crippen LogP contribution < -0.4 is 0 Å². The van der Waals surface area contributed by atoms with Gasteiger partial charge in [-0.3, -0.25) is 0 Å². The number of hydrogen-bond donors (Lipinski definition) is 15. The van der Waals surface area contributed by atoms with Gasteiger partial charge in [0.25, 0.3) is 0 Å². The molecule has 0 aliphatic rings. The third-order valence-corrected chi connectivity index (χ3v) is 4.26. The highest BCUT2D eigenvalue weighted by molar-refractivity contribution is 5.57. The maximum absolute atomic E-state index is 9.90. The SMILES string of the molecule is O=C[C@H](O)[C@@H](O)[C@@H](O)[C@H](O)CO.O=C[C@H](O)[C@@H](O)[C@@H](O)[C@H](O)CO.O=C[C@H](O)[C@@H](O)[C@H](O)[C@H](O)CO. The van der Waals surface area contributed by atoms with Crippen molar-refractivity contribution in [2.24, 2.45) is 0 Å². The minimum Gasteiger partial charge on any atom is -0.394 e. The predicted octanol–water partition coefficient (Wildman–Crippen LogP) is -10.1. The third kappa shape index (κ3) is 14.8. The van der Waals surface area contributed by atoms with Gasteiger partial charge in [0, 0.05) is 0 Å². The monoisotopic (exact) mass is 540 g/mol. The summed E-state index contributed by atoms with van der Waals surface area (Å²) in [6.45, 7) is -2.28. The van der Waals surface area contributed by atoms with Crippen molar-refractivity contribution in [1.82, 2.24) is 0 Å². The van der Waals surface area contributed by atoms with Crippen molar-refractivity contribution in [1.29, 1.82) is 0 Å². The molecule has 0 saturated carbocycles. The average molecular weight is 540 g/mol. The molecule has 18 heteroatoms. The van der Waals surface area contributed by atoms with Crippen LogP contribution in [-0.2, 0) is 14.4 Å². The van der Waals surface area contributed by atoms with E-state index in [4.69, 9.17) is 76.6 Å². The predicted molar refractivity (Wildman–Crippen MR) is 112 cm³/mol. The fourth-order valence-electron chi connectivity index (χ4n) is 1.85. The quantitative estimate of drug-likeness (QED) is 0.0856. The van der Waals surface area contributed by atoms with Crippen LogP contribution in [0.2, 0.25) is 0 Å². The lowest BCUT2D eigenvalue weighted by Crippen LogP contribution is -2.46. The molecule has 0 amide bonds. The molecule has 12 atom stereocenters. The molecule has 0 bridgehead atoms. The first-order chi connectivity index (χ1) is 16.6. The van der Waals surface area contributed by atoms with Crippen molar-refractivity contribution in [3.8, 4) is 0 Å². The topological polar surface area (TPSA) is 355 Å². The van der Waals surface area contributed by atoms with Gasteiger partial charge in [0.15, 0.2) is 18.9 Å². The Labute approximate surface area is 203 Å². The molecule has 0 aliphatic carbocycles. The second-order valence-corrected chi connectivity index (χ2v) is 7.07. The van der Waals surface area contributed by atoms with Crippen LogP contribution in [-0.4, -0.2) is 189 Å². The van der Waals surface area contributed by atoms with Crippen LogP contribution in [0, 0.1) is 0 Å². The van der Waals surface area contributed by atoms with E-state index in [-0.39, 0.29) is 18.9 Å². The zero-order valence-electron chi connectivity index (χ0n) is 18.7. The van der Waals surface area contributed by atoms with Crippen molar-refractivity contribution in [2.45, 2.75) is 73.2 Å². The largest absolute Gasteiger partial charge is 0.394 e. The number of rotatable bonds is 15. The van der Waals surface area contributed by atoms with Crippen molar-refractivity contribution in [3.05, 3.63) is 0 Å². The van der Waals surface area contributed by atoms with Crippen LogP contribution in [0.15, 0.2) is 0 Å². The molecule has 216 valence electrons. The van der Waals surface area contributed by atoms with E-state index in [1.165, 1.54) is 0 Å². The molecule has 0 saturated heterocycles. The van der Waals surface area contributed by atoms with Gasteiger partial charge in [-0.1, -0.05) is 0 Å². The standard InChI is InChI=1S/3C6H12O6/c3*7-1-3(9)5(11)6(12)4(10)2-8/h3*1,3-6,8-12H,2H2/t3-,4+,5+,6+;2*3-,4+,5+,6-/m000/s1. The smallest absolute Gasteiger partial charge is 0.151 e. The van der Waals surface area contributed by atoms with Crippen molar-refractivity contribution < 1.29 is 91.0 Å². The second-order valence-electron chi connectivity index (χ2n) is 7.07. The molecule has 0 radical (unpaired) electrons. The van der Waals surface area contributed by atoms with Gasteiger partial charge in [-0.25, -0.2) is 0 Å². The summed E-state index contributed by atoms with van der Waals surface area (Å²) in [6.07, 6.45) is -20.5. The van der Waals surface area contributed by atoms with Crippen LogP contribution in [0.4, 0.5) is 0 Å². The Morgan fingerprint density at radius 3 is 0.639 bits per heavy atom. The molecular formula is C18H36O18. The number of aliphatic hydroxyl groups is 15. The maximum Gasteiger partial charge on any atom is 0.151 e. The van der Waals surface area contributed by atoms with E-state index < -0.39 is 93.1 Å². The highest BCUT2D eigenvalue weighted by Crippen LogP contribution is 2.04. The molecule has 0 aromatic heterocycles. The summed E-state index contributed by atoms with van der Waals surface area (Å²) < 4.78 is 0. The number of aliphatic hydroxyl groups excluding tert-OH is 15. The van der Waals surface area contributed by atoms with Crippen LogP contribution in [0.25, 0.3) is 0 Å². The second kappa shape index (κ2) is 21.5. The van der Waals surface area contributed by atoms with Gasteiger partial charge < -0.3 is 91.0 Å². The van der Waals surface area contributed by atoms with E-state index in [9.17, 15) is 14.4 Å².